The highest BCUT2D eigenvalue weighted by molar-refractivity contribution is 7.47. The highest BCUT2D eigenvalue weighted by atomic mass is 31.2. The molecule has 0 aromatic heterocycles. The maximum absolute atomic E-state index is 12.9. The Hall–Kier alpha value is -1.94. The third-order valence-electron chi connectivity index (χ3n) is 14.0. The van der Waals surface area contributed by atoms with Crippen molar-refractivity contribution in [3.05, 3.63) is 0 Å². The van der Waals surface area contributed by atoms with Crippen molar-refractivity contribution in [2.24, 2.45) is 5.92 Å². The molecule has 80 heavy (non-hydrogen) atoms. The molecule has 0 aromatic carbocycles. The van der Waals surface area contributed by atoms with Gasteiger partial charge in [0.25, 0.3) is 0 Å². The Bertz CT molecular complexity index is 1570. The molecular weight excluding hydrogens is 1070 g/mol. The van der Waals surface area contributed by atoms with Crippen LogP contribution in [0.1, 0.15) is 304 Å². The van der Waals surface area contributed by atoms with Crippen molar-refractivity contribution in [3.63, 3.8) is 0 Å². The first kappa shape index (κ1) is 78.1. The van der Waals surface area contributed by atoms with Crippen molar-refractivity contribution in [1.29, 1.82) is 0 Å². The Morgan fingerprint density at radius 1 is 0.338 bits per heavy atom. The van der Waals surface area contributed by atoms with Crippen molar-refractivity contribution in [2.45, 2.75) is 323 Å². The molecule has 0 aliphatic rings. The number of ether oxygens (including phenoxy) is 4. The number of carbonyl (C=O) groups excluding carboxylic acids is 4. The van der Waals surface area contributed by atoms with Gasteiger partial charge < -0.3 is 33.8 Å². The van der Waals surface area contributed by atoms with Gasteiger partial charge in [0.15, 0.2) is 12.2 Å². The van der Waals surface area contributed by atoms with Crippen molar-refractivity contribution in [1.82, 2.24) is 0 Å². The van der Waals surface area contributed by atoms with Crippen LogP contribution in [0.5, 0.6) is 0 Å². The summed E-state index contributed by atoms with van der Waals surface area (Å²) < 4.78 is 67.7. The lowest BCUT2D eigenvalue weighted by Crippen LogP contribution is -2.30. The summed E-state index contributed by atoms with van der Waals surface area (Å²) in [5.41, 5.74) is 0. The van der Waals surface area contributed by atoms with E-state index in [1.54, 1.807) is 0 Å². The number of rotatable bonds is 61. The largest absolute Gasteiger partial charge is 0.472 e. The number of aliphatic hydroxyl groups is 1. The van der Waals surface area contributed by atoms with Crippen molar-refractivity contribution < 1.29 is 80.2 Å². The maximum Gasteiger partial charge on any atom is 0.472 e. The average Bonchev–Trinajstić information content (AvgIpc) is 3.42. The first-order chi connectivity index (χ1) is 38.5. The van der Waals surface area contributed by atoms with E-state index in [2.05, 4.69) is 34.6 Å². The molecule has 0 aliphatic heterocycles. The monoisotopic (exact) mass is 1180 g/mol. The SMILES string of the molecule is CCCCCCCCCCCCCCCCC(=O)O[C@H](COC(=O)CCCCCCCCCCCCC)COP(=O)(O)OC[C@@H](O)COP(=O)(O)OC[C@@H](COC(=O)CCCCCCC)OC(=O)CCCCCCCCCC(C)C. The van der Waals surface area contributed by atoms with E-state index >= 15 is 0 Å². The predicted octanol–water partition coefficient (Wildman–Crippen LogP) is 16.6. The lowest BCUT2D eigenvalue weighted by molar-refractivity contribution is -0.161. The second-order valence-electron chi connectivity index (χ2n) is 22.6. The third kappa shape index (κ3) is 55.3. The van der Waals surface area contributed by atoms with Crippen LogP contribution in [0.3, 0.4) is 0 Å². The average molecular weight is 1190 g/mol. The number of aliphatic hydroxyl groups excluding tert-OH is 1. The summed E-state index contributed by atoms with van der Waals surface area (Å²) in [5, 5.41) is 10.5. The number of hydrogen-bond acceptors (Lipinski definition) is 15. The molecule has 474 valence electrons. The molecule has 0 heterocycles. The second-order valence-corrected chi connectivity index (χ2v) is 25.5. The molecule has 19 heteroatoms. The van der Waals surface area contributed by atoms with E-state index in [1.165, 1.54) is 122 Å². The van der Waals surface area contributed by atoms with Gasteiger partial charge >= 0.3 is 39.5 Å². The zero-order valence-electron chi connectivity index (χ0n) is 51.2. The summed E-state index contributed by atoms with van der Waals surface area (Å²) in [4.78, 5) is 71.8. The normalized spacial score (nSPS) is 14.3. The van der Waals surface area contributed by atoms with Gasteiger partial charge in [0.05, 0.1) is 26.4 Å². The van der Waals surface area contributed by atoms with Crippen LogP contribution in [-0.4, -0.2) is 96.7 Å². The minimum atomic E-state index is -4.94. The molecule has 5 atom stereocenters. The topological polar surface area (TPSA) is 237 Å². The van der Waals surface area contributed by atoms with Crippen molar-refractivity contribution >= 4 is 39.5 Å². The van der Waals surface area contributed by atoms with Crippen LogP contribution >= 0.6 is 15.6 Å². The molecule has 0 saturated heterocycles. The molecule has 3 N–H and O–H groups in total. The van der Waals surface area contributed by atoms with Gasteiger partial charge in [-0.1, -0.05) is 253 Å². The summed E-state index contributed by atoms with van der Waals surface area (Å²) in [6, 6.07) is 0. The van der Waals surface area contributed by atoms with Crippen molar-refractivity contribution in [3.8, 4) is 0 Å². The van der Waals surface area contributed by atoms with E-state index < -0.39 is 97.5 Å². The predicted molar refractivity (Wildman–Crippen MR) is 317 cm³/mol. The molecule has 0 fully saturated rings. The van der Waals surface area contributed by atoms with E-state index in [1.807, 2.05) is 0 Å². The van der Waals surface area contributed by atoms with Gasteiger partial charge in [0, 0.05) is 25.7 Å². The zero-order valence-corrected chi connectivity index (χ0v) is 53.0. The molecule has 0 aliphatic carbocycles. The number of hydrogen-bond donors (Lipinski definition) is 3. The number of phosphoric acid groups is 2. The molecule has 2 unspecified atom stereocenters. The minimum Gasteiger partial charge on any atom is -0.462 e. The fraction of sp³-hybridized carbons (Fsp3) is 0.934. The van der Waals surface area contributed by atoms with Gasteiger partial charge in [-0.2, -0.15) is 0 Å². The molecule has 0 amide bonds. The number of phosphoric ester groups is 2. The lowest BCUT2D eigenvalue weighted by Gasteiger charge is -2.21. The molecule has 0 saturated carbocycles. The minimum absolute atomic E-state index is 0.103. The second kappa shape index (κ2) is 55.0. The molecule has 17 nitrogen and oxygen atoms in total. The molecule has 0 rings (SSSR count). The quantitative estimate of drug-likeness (QED) is 0.0222. The fourth-order valence-electron chi connectivity index (χ4n) is 9.05. The molecule has 0 bridgehead atoms. The standard InChI is InChI=1S/C61H118O17P2/c1-6-9-12-15-17-19-21-22-23-25-27-31-36-41-46-60(65)78-57(51-72-59(64)45-40-35-30-26-24-20-18-16-13-10-7-2)53-76-80(69,70)74-49-55(62)48-73-79(67,68)75-52-56(50-71-58(63)44-39-33-14-11-8-3)77-61(66)47-42-37-32-28-29-34-38-43-54(4)5/h54-57,62H,6-53H2,1-5H3,(H,67,68)(H,69,70)/t55-,56+,57+/m0/s1. The summed E-state index contributed by atoms with van der Waals surface area (Å²) in [6.45, 7) is 7.02. The molecule has 0 spiro atoms. The third-order valence-corrected chi connectivity index (χ3v) is 15.9. The van der Waals surface area contributed by atoms with E-state index in [4.69, 9.17) is 37.0 Å². The Labute approximate surface area is 486 Å². The van der Waals surface area contributed by atoms with Crippen LogP contribution in [0.4, 0.5) is 0 Å². The van der Waals surface area contributed by atoms with Crippen LogP contribution in [0, 0.1) is 5.92 Å². The number of carbonyl (C=O) groups is 4. The lowest BCUT2D eigenvalue weighted by atomic mass is 10.0. The van der Waals surface area contributed by atoms with Gasteiger partial charge in [-0.3, -0.25) is 37.3 Å². The van der Waals surface area contributed by atoms with E-state index in [0.29, 0.717) is 31.6 Å². The number of unbranched alkanes of at least 4 members (excludes halogenated alkanes) is 33. The van der Waals surface area contributed by atoms with Gasteiger partial charge in [0.2, 0.25) is 0 Å². The molecular formula is C61H118O17P2. The van der Waals surface area contributed by atoms with Crippen molar-refractivity contribution in [2.75, 3.05) is 39.6 Å². The van der Waals surface area contributed by atoms with Gasteiger partial charge in [-0.25, -0.2) is 9.13 Å². The summed E-state index contributed by atoms with van der Waals surface area (Å²) in [7, 11) is -9.87. The number of esters is 4. The highest BCUT2D eigenvalue weighted by Crippen LogP contribution is 2.45. The van der Waals surface area contributed by atoms with Crippen LogP contribution in [0.25, 0.3) is 0 Å². The molecule has 0 radical (unpaired) electrons. The van der Waals surface area contributed by atoms with Gasteiger partial charge in [-0.15, -0.1) is 0 Å². The van der Waals surface area contributed by atoms with Crippen LogP contribution in [-0.2, 0) is 65.4 Å². The van der Waals surface area contributed by atoms with Crippen LogP contribution in [0.2, 0.25) is 0 Å². The maximum atomic E-state index is 12.9. The van der Waals surface area contributed by atoms with Crippen LogP contribution < -0.4 is 0 Å². The smallest absolute Gasteiger partial charge is 0.462 e. The summed E-state index contributed by atoms with van der Waals surface area (Å²) >= 11 is 0. The first-order valence-corrected chi connectivity index (χ1v) is 35.1. The Balaban J connectivity index is 5.18. The summed E-state index contributed by atoms with van der Waals surface area (Å²) in [5.74, 6) is -1.45. The molecule has 0 aromatic rings. The van der Waals surface area contributed by atoms with Gasteiger partial charge in [-0.05, 0) is 31.6 Å². The zero-order chi connectivity index (χ0) is 59.2. The fourth-order valence-corrected chi connectivity index (χ4v) is 10.6. The van der Waals surface area contributed by atoms with E-state index in [9.17, 15) is 43.2 Å². The van der Waals surface area contributed by atoms with Gasteiger partial charge in [0.1, 0.15) is 19.3 Å². The first-order valence-electron chi connectivity index (χ1n) is 32.1. The highest BCUT2D eigenvalue weighted by Gasteiger charge is 2.30. The van der Waals surface area contributed by atoms with Crippen LogP contribution in [0.15, 0.2) is 0 Å². The summed E-state index contributed by atoms with van der Waals surface area (Å²) in [6.07, 6.45) is 37.9. The van der Waals surface area contributed by atoms with E-state index in [0.717, 1.165) is 96.3 Å². The Morgan fingerprint density at radius 3 is 0.850 bits per heavy atom. The Morgan fingerprint density at radius 2 is 0.575 bits per heavy atom. The Kier molecular flexibility index (Phi) is 53.6. The van der Waals surface area contributed by atoms with E-state index in [-0.39, 0.29) is 25.7 Å².